The zero-order valence-corrected chi connectivity index (χ0v) is 11.5. The van der Waals surface area contributed by atoms with E-state index >= 15 is 0 Å². The lowest BCUT2D eigenvalue weighted by atomic mass is 9.89. The first kappa shape index (κ1) is 13.1. The molecule has 0 aromatic heterocycles. The third-order valence-corrected chi connectivity index (χ3v) is 3.94. The average molecular weight is 271 g/mol. The summed E-state index contributed by atoms with van der Waals surface area (Å²) in [7, 11) is 1.95. The molecule has 2 unspecified atom stereocenters. The molecular weight excluding hydrogens is 253 g/mol. The zero-order valence-electron chi connectivity index (χ0n) is 11.5. The Morgan fingerprint density at radius 1 is 1.25 bits per heavy atom. The quantitative estimate of drug-likeness (QED) is 0.922. The Labute approximate surface area is 118 Å². The van der Waals surface area contributed by atoms with Crippen LogP contribution in [0.15, 0.2) is 48.5 Å². The van der Waals surface area contributed by atoms with E-state index in [2.05, 4.69) is 11.4 Å². The highest BCUT2D eigenvalue weighted by molar-refractivity contribution is 5.41. The molecule has 0 bridgehead atoms. The van der Waals surface area contributed by atoms with Crippen LogP contribution >= 0.6 is 0 Å². The van der Waals surface area contributed by atoms with Crippen LogP contribution in [0.3, 0.4) is 0 Å². The minimum Gasteiger partial charge on any atom is -0.493 e. The number of halogens is 1. The van der Waals surface area contributed by atoms with E-state index in [9.17, 15) is 4.39 Å². The molecular formula is C17H18FNO. The first-order valence-corrected chi connectivity index (χ1v) is 6.91. The van der Waals surface area contributed by atoms with Crippen molar-refractivity contribution in [1.82, 2.24) is 5.32 Å². The number of rotatable bonds is 4. The van der Waals surface area contributed by atoms with Gasteiger partial charge in [-0.25, -0.2) is 4.39 Å². The summed E-state index contributed by atoms with van der Waals surface area (Å²) in [4.78, 5) is 0. The van der Waals surface area contributed by atoms with Crippen LogP contribution in [0.1, 0.15) is 17.0 Å². The van der Waals surface area contributed by atoms with Crippen LogP contribution in [0.5, 0.6) is 5.75 Å². The van der Waals surface area contributed by atoms with Crippen molar-refractivity contribution in [3.05, 3.63) is 65.5 Å². The number of likely N-dealkylation sites (N-methyl/N-ethyl adjacent to an activating group) is 1. The second kappa shape index (κ2) is 5.63. The predicted molar refractivity (Wildman–Crippen MR) is 77.6 cm³/mol. The normalized spacial score (nSPS) is 18.4. The van der Waals surface area contributed by atoms with E-state index in [0.29, 0.717) is 12.5 Å². The minimum absolute atomic E-state index is 0.180. The number of para-hydroxylation sites is 1. The van der Waals surface area contributed by atoms with E-state index in [-0.39, 0.29) is 11.9 Å². The van der Waals surface area contributed by atoms with Gasteiger partial charge in [0.1, 0.15) is 11.6 Å². The third kappa shape index (κ3) is 2.54. The molecule has 0 fully saturated rings. The lowest BCUT2D eigenvalue weighted by molar-refractivity contribution is 0.302. The van der Waals surface area contributed by atoms with Gasteiger partial charge in [-0.15, -0.1) is 0 Å². The molecule has 3 heteroatoms. The molecule has 3 rings (SSSR count). The van der Waals surface area contributed by atoms with Gasteiger partial charge in [-0.1, -0.05) is 30.3 Å². The maximum Gasteiger partial charge on any atom is 0.123 e. The maximum atomic E-state index is 13.3. The molecule has 0 saturated heterocycles. The standard InChI is InChI=1S/C17H18FNO/c1-19-16(10-12-5-4-6-13(18)9-12)15-11-20-17-8-3-2-7-14(15)17/h2-9,15-16,19H,10-11H2,1H3. The molecule has 104 valence electrons. The van der Waals surface area contributed by atoms with Gasteiger partial charge in [0, 0.05) is 17.5 Å². The van der Waals surface area contributed by atoms with Crippen molar-refractivity contribution in [3.63, 3.8) is 0 Å². The van der Waals surface area contributed by atoms with E-state index in [0.717, 1.165) is 17.7 Å². The Balaban J connectivity index is 1.81. The number of hydrogen-bond donors (Lipinski definition) is 1. The molecule has 1 heterocycles. The van der Waals surface area contributed by atoms with Crippen LogP contribution < -0.4 is 10.1 Å². The van der Waals surface area contributed by atoms with Crippen molar-refractivity contribution in [2.24, 2.45) is 0 Å². The summed E-state index contributed by atoms with van der Waals surface area (Å²) in [5.74, 6) is 1.09. The number of ether oxygens (including phenoxy) is 1. The monoisotopic (exact) mass is 271 g/mol. The number of hydrogen-bond acceptors (Lipinski definition) is 2. The van der Waals surface area contributed by atoms with E-state index in [1.54, 1.807) is 12.1 Å². The van der Waals surface area contributed by atoms with Crippen LogP contribution in [-0.4, -0.2) is 19.7 Å². The van der Waals surface area contributed by atoms with Crippen molar-refractivity contribution in [3.8, 4) is 5.75 Å². The maximum absolute atomic E-state index is 13.3. The lowest BCUT2D eigenvalue weighted by Crippen LogP contribution is -2.35. The molecule has 2 atom stereocenters. The van der Waals surface area contributed by atoms with Gasteiger partial charge >= 0.3 is 0 Å². The predicted octanol–water partition coefficient (Wildman–Crippen LogP) is 3.13. The van der Waals surface area contributed by atoms with Gasteiger partial charge in [0.2, 0.25) is 0 Å². The fourth-order valence-electron chi connectivity index (χ4n) is 2.88. The summed E-state index contributed by atoms with van der Waals surface area (Å²) < 4.78 is 19.0. The summed E-state index contributed by atoms with van der Waals surface area (Å²) in [6.45, 7) is 0.681. The molecule has 0 radical (unpaired) electrons. The van der Waals surface area contributed by atoms with Gasteiger partial charge in [-0.3, -0.25) is 0 Å². The Morgan fingerprint density at radius 3 is 2.90 bits per heavy atom. The molecule has 2 aromatic carbocycles. The summed E-state index contributed by atoms with van der Waals surface area (Å²) in [6, 6.07) is 15.2. The molecule has 1 aliphatic rings. The molecule has 0 spiro atoms. The Kier molecular flexibility index (Phi) is 3.70. The van der Waals surface area contributed by atoms with Gasteiger partial charge in [-0.2, -0.15) is 0 Å². The summed E-state index contributed by atoms with van der Waals surface area (Å²) in [6.07, 6.45) is 0.788. The summed E-state index contributed by atoms with van der Waals surface area (Å²) >= 11 is 0. The molecule has 1 aliphatic heterocycles. The first-order chi connectivity index (χ1) is 9.78. The van der Waals surface area contributed by atoms with Crippen LogP contribution in [-0.2, 0) is 6.42 Å². The van der Waals surface area contributed by atoms with Gasteiger partial charge in [0.05, 0.1) is 6.61 Å². The minimum atomic E-state index is -0.180. The van der Waals surface area contributed by atoms with Crippen LogP contribution in [0.25, 0.3) is 0 Å². The Hall–Kier alpha value is -1.87. The summed E-state index contributed by atoms with van der Waals surface area (Å²) in [5.41, 5.74) is 2.25. The third-order valence-electron chi connectivity index (χ3n) is 3.94. The molecule has 0 saturated carbocycles. The van der Waals surface area contributed by atoms with E-state index in [1.807, 2.05) is 31.3 Å². The molecule has 2 aromatic rings. The first-order valence-electron chi connectivity index (χ1n) is 6.91. The smallest absolute Gasteiger partial charge is 0.123 e. The van der Waals surface area contributed by atoms with Crippen molar-refractivity contribution >= 4 is 0 Å². The molecule has 20 heavy (non-hydrogen) atoms. The van der Waals surface area contributed by atoms with E-state index in [1.165, 1.54) is 11.6 Å². The van der Waals surface area contributed by atoms with Gasteiger partial charge in [0.25, 0.3) is 0 Å². The molecule has 0 aliphatic carbocycles. The van der Waals surface area contributed by atoms with Crippen LogP contribution in [0.2, 0.25) is 0 Å². The Bertz CT molecular complexity index is 599. The van der Waals surface area contributed by atoms with Crippen molar-refractivity contribution in [1.29, 1.82) is 0 Å². The highest BCUT2D eigenvalue weighted by Crippen LogP contribution is 2.36. The van der Waals surface area contributed by atoms with Crippen LogP contribution in [0.4, 0.5) is 4.39 Å². The SMILES string of the molecule is CNC(Cc1cccc(F)c1)C1COc2ccccc21. The molecule has 0 amide bonds. The van der Waals surface area contributed by atoms with E-state index < -0.39 is 0 Å². The van der Waals surface area contributed by atoms with E-state index in [4.69, 9.17) is 4.74 Å². The highest BCUT2D eigenvalue weighted by atomic mass is 19.1. The molecule has 1 N–H and O–H groups in total. The van der Waals surface area contributed by atoms with Gasteiger partial charge < -0.3 is 10.1 Å². The topological polar surface area (TPSA) is 21.3 Å². The summed E-state index contributed by atoms with van der Waals surface area (Å²) in [5, 5.41) is 3.35. The van der Waals surface area contributed by atoms with Crippen molar-refractivity contribution in [2.75, 3.05) is 13.7 Å². The second-order valence-electron chi connectivity index (χ2n) is 5.18. The van der Waals surface area contributed by atoms with Gasteiger partial charge in [0.15, 0.2) is 0 Å². The van der Waals surface area contributed by atoms with Crippen molar-refractivity contribution < 1.29 is 9.13 Å². The Morgan fingerprint density at radius 2 is 2.10 bits per heavy atom. The largest absolute Gasteiger partial charge is 0.493 e. The van der Waals surface area contributed by atoms with Gasteiger partial charge in [-0.05, 0) is 37.2 Å². The zero-order chi connectivity index (χ0) is 13.9. The number of nitrogens with one attached hydrogen (secondary N) is 1. The molecule has 2 nitrogen and oxygen atoms in total. The fourth-order valence-corrected chi connectivity index (χ4v) is 2.88. The number of benzene rings is 2. The number of fused-ring (bicyclic) bond motifs is 1. The fraction of sp³-hybridized carbons (Fsp3) is 0.294. The van der Waals surface area contributed by atoms with Crippen molar-refractivity contribution in [2.45, 2.75) is 18.4 Å². The van der Waals surface area contributed by atoms with Crippen LogP contribution in [0, 0.1) is 5.82 Å². The second-order valence-corrected chi connectivity index (χ2v) is 5.18. The highest BCUT2D eigenvalue weighted by Gasteiger charge is 2.30. The average Bonchev–Trinajstić information content (AvgIpc) is 2.89. The lowest BCUT2D eigenvalue weighted by Gasteiger charge is -2.22.